The van der Waals surface area contributed by atoms with Gasteiger partial charge in [-0.1, -0.05) is 42.1 Å². The maximum atomic E-state index is 12.4. The molecule has 6 N–H and O–H groups in total. The van der Waals surface area contributed by atoms with Crippen LogP contribution in [-0.4, -0.2) is 33.9 Å². The number of amides is 3. The highest BCUT2D eigenvalue weighted by Crippen LogP contribution is 2.33. The van der Waals surface area contributed by atoms with Gasteiger partial charge < -0.3 is 16.8 Å². The van der Waals surface area contributed by atoms with Crippen molar-refractivity contribution in [3.05, 3.63) is 35.9 Å². The molecule has 23 heavy (non-hydrogen) atoms. The number of hydrogen-bond acceptors (Lipinski definition) is 8. The van der Waals surface area contributed by atoms with E-state index in [4.69, 9.17) is 11.5 Å². The SMILES string of the molecule is CNC(=O)NC(=O)[C@H](Sc1nc(N)nc(N)n1)c1ccccc1. The zero-order chi connectivity index (χ0) is 16.8. The summed E-state index contributed by atoms with van der Waals surface area (Å²) < 4.78 is 0. The summed E-state index contributed by atoms with van der Waals surface area (Å²) >= 11 is 1.02. The van der Waals surface area contributed by atoms with E-state index in [-0.39, 0.29) is 17.1 Å². The molecule has 0 radical (unpaired) electrons. The molecule has 9 nitrogen and oxygen atoms in total. The van der Waals surface area contributed by atoms with E-state index in [1.807, 2.05) is 6.07 Å². The molecule has 0 aliphatic heterocycles. The van der Waals surface area contributed by atoms with Crippen LogP contribution in [0, 0.1) is 0 Å². The number of carbonyl (C=O) groups excluding carboxylic acids is 2. The van der Waals surface area contributed by atoms with Crippen LogP contribution in [0.4, 0.5) is 16.7 Å². The fraction of sp³-hybridized carbons (Fsp3) is 0.154. The Kier molecular flexibility index (Phi) is 5.31. The molecule has 2 aromatic rings. The van der Waals surface area contributed by atoms with Crippen molar-refractivity contribution in [3.8, 4) is 0 Å². The van der Waals surface area contributed by atoms with Gasteiger partial charge in [0.1, 0.15) is 5.25 Å². The highest BCUT2D eigenvalue weighted by Gasteiger charge is 2.25. The van der Waals surface area contributed by atoms with Crippen LogP contribution >= 0.6 is 11.8 Å². The van der Waals surface area contributed by atoms with E-state index in [0.29, 0.717) is 5.56 Å². The Hall–Kier alpha value is -2.88. The molecular formula is C13H15N7O2S. The van der Waals surface area contributed by atoms with Gasteiger partial charge in [-0.2, -0.15) is 15.0 Å². The van der Waals surface area contributed by atoms with Gasteiger partial charge in [-0.15, -0.1) is 0 Å². The highest BCUT2D eigenvalue weighted by molar-refractivity contribution is 8.00. The number of urea groups is 1. The van der Waals surface area contributed by atoms with Gasteiger partial charge >= 0.3 is 6.03 Å². The lowest BCUT2D eigenvalue weighted by molar-refractivity contribution is -0.119. The van der Waals surface area contributed by atoms with Crippen LogP contribution in [0.1, 0.15) is 10.8 Å². The van der Waals surface area contributed by atoms with Gasteiger partial charge in [0, 0.05) is 7.05 Å². The number of rotatable bonds is 4. The molecule has 0 fully saturated rings. The van der Waals surface area contributed by atoms with Gasteiger partial charge in [0.2, 0.25) is 17.8 Å². The Morgan fingerprint density at radius 3 is 2.26 bits per heavy atom. The molecule has 3 amide bonds. The van der Waals surface area contributed by atoms with Crippen LogP contribution in [0.25, 0.3) is 0 Å². The summed E-state index contributed by atoms with van der Waals surface area (Å²) in [6.45, 7) is 0. The van der Waals surface area contributed by atoms with E-state index in [2.05, 4.69) is 25.6 Å². The molecular weight excluding hydrogens is 318 g/mol. The Labute approximate surface area is 136 Å². The Morgan fingerprint density at radius 1 is 1.09 bits per heavy atom. The second-order valence-electron chi connectivity index (χ2n) is 4.31. The second-order valence-corrected chi connectivity index (χ2v) is 5.38. The monoisotopic (exact) mass is 333 g/mol. The van der Waals surface area contributed by atoms with Crippen LogP contribution in [0.3, 0.4) is 0 Å². The molecule has 0 bridgehead atoms. The van der Waals surface area contributed by atoms with E-state index >= 15 is 0 Å². The normalized spacial score (nSPS) is 11.5. The lowest BCUT2D eigenvalue weighted by Gasteiger charge is -2.15. The Morgan fingerprint density at radius 2 is 1.70 bits per heavy atom. The smallest absolute Gasteiger partial charge is 0.321 e. The lowest BCUT2D eigenvalue weighted by atomic mass is 10.1. The van der Waals surface area contributed by atoms with Crippen LogP contribution in [0.2, 0.25) is 0 Å². The van der Waals surface area contributed by atoms with Gasteiger partial charge in [-0.3, -0.25) is 10.1 Å². The predicted molar refractivity (Wildman–Crippen MR) is 86.3 cm³/mol. The highest BCUT2D eigenvalue weighted by atomic mass is 32.2. The molecule has 1 aromatic carbocycles. The van der Waals surface area contributed by atoms with Gasteiger partial charge in [-0.05, 0) is 5.56 Å². The lowest BCUT2D eigenvalue weighted by Crippen LogP contribution is -2.39. The van der Waals surface area contributed by atoms with Crippen LogP contribution < -0.4 is 22.1 Å². The third-order valence-electron chi connectivity index (χ3n) is 2.68. The number of thioether (sulfide) groups is 1. The zero-order valence-corrected chi connectivity index (χ0v) is 13.0. The molecule has 0 spiro atoms. The molecule has 2 rings (SSSR count). The van der Waals surface area contributed by atoms with Crippen molar-refractivity contribution in [2.24, 2.45) is 0 Å². The third-order valence-corrected chi connectivity index (χ3v) is 3.79. The molecule has 0 unspecified atom stereocenters. The largest absolute Gasteiger partial charge is 0.368 e. The summed E-state index contributed by atoms with van der Waals surface area (Å²) in [5, 5.41) is 3.99. The number of aromatic nitrogens is 3. The van der Waals surface area contributed by atoms with E-state index in [1.54, 1.807) is 24.3 Å². The number of imide groups is 1. The molecule has 10 heteroatoms. The zero-order valence-electron chi connectivity index (χ0n) is 12.2. The first-order valence-corrected chi connectivity index (χ1v) is 7.38. The van der Waals surface area contributed by atoms with Crippen LogP contribution in [-0.2, 0) is 4.79 Å². The van der Waals surface area contributed by atoms with Crippen molar-refractivity contribution >= 4 is 35.6 Å². The molecule has 0 aliphatic rings. The van der Waals surface area contributed by atoms with Crippen LogP contribution in [0.5, 0.6) is 0 Å². The first-order valence-electron chi connectivity index (χ1n) is 6.51. The summed E-state index contributed by atoms with van der Waals surface area (Å²) in [5.41, 5.74) is 11.7. The number of nitrogens with one attached hydrogen (secondary N) is 2. The Bertz CT molecular complexity index is 690. The minimum absolute atomic E-state index is 0.0430. The summed E-state index contributed by atoms with van der Waals surface area (Å²) in [6.07, 6.45) is 0. The fourth-order valence-electron chi connectivity index (χ4n) is 1.69. The Balaban J connectivity index is 2.30. The van der Waals surface area contributed by atoms with Gasteiger partial charge in [0.25, 0.3) is 0 Å². The molecule has 120 valence electrons. The maximum Gasteiger partial charge on any atom is 0.321 e. The first-order chi connectivity index (χ1) is 11.0. The van der Waals surface area contributed by atoms with Crippen molar-refractivity contribution in [1.29, 1.82) is 0 Å². The minimum Gasteiger partial charge on any atom is -0.368 e. The third kappa shape index (κ3) is 4.54. The predicted octanol–water partition coefficient (Wildman–Crippen LogP) is 0.325. The molecule has 0 aliphatic carbocycles. The topological polar surface area (TPSA) is 149 Å². The number of nitrogens with two attached hydrogens (primary N) is 2. The average molecular weight is 333 g/mol. The van der Waals surface area contributed by atoms with Crippen molar-refractivity contribution in [2.45, 2.75) is 10.4 Å². The number of nitrogens with zero attached hydrogens (tertiary/aromatic N) is 3. The van der Waals surface area contributed by atoms with Gasteiger partial charge in [0.15, 0.2) is 5.16 Å². The standard InChI is InChI=1S/C13H15N7O2S/c1-16-12(22)17-9(21)8(7-5-3-2-4-6-7)23-13-19-10(14)18-11(15)20-13/h2-6,8H,1H3,(H2,16,17,21,22)(H4,14,15,18,19,20)/t8-/m1/s1. The van der Waals surface area contributed by atoms with Gasteiger partial charge in [0.05, 0.1) is 0 Å². The van der Waals surface area contributed by atoms with E-state index in [0.717, 1.165) is 11.8 Å². The number of carbonyl (C=O) groups is 2. The summed E-state index contributed by atoms with van der Waals surface area (Å²) in [7, 11) is 1.42. The van der Waals surface area contributed by atoms with Crippen molar-refractivity contribution in [1.82, 2.24) is 25.6 Å². The van der Waals surface area contributed by atoms with E-state index in [1.165, 1.54) is 7.05 Å². The average Bonchev–Trinajstić information content (AvgIpc) is 2.52. The quantitative estimate of drug-likeness (QED) is 0.585. The molecule has 0 saturated heterocycles. The van der Waals surface area contributed by atoms with Crippen molar-refractivity contribution in [2.75, 3.05) is 18.5 Å². The van der Waals surface area contributed by atoms with Crippen LogP contribution in [0.15, 0.2) is 35.5 Å². The number of hydrogen-bond donors (Lipinski definition) is 4. The van der Waals surface area contributed by atoms with E-state index < -0.39 is 17.2 Å². The summed E-state index contributed by atoms with van der Waals surface area (Å²) in [4.78, 5) is 35.3. The minimum atomic E-state index is -0.755. The molecule has 1 heterocycles. The van der Waals surface area contributed by atoms with Crippen molar-refractivity contribution < 1.29 is 9.59 Å². The number of anilines is 2. The summed E-state index contributed by atoms with van der Waals surface area (Å²) in [5.74, 6) is -0.602. The molecule has 1 aromatic heterocycles. The first kappa shape index (κ1) is 16.5. The summed E-state index contributed by atoms with van der Waals surface area (Å²) in [6, 6.07) is 8.30. The maximum absolute atomic E-state index is 12.4. The van der Waals surface area contributed by atoms with Gasteiger partial charge in [-0.25, -0.2) is 4.79 Å². The number of nitrogen functional groups attached to an aromatic ring is 2. The van der Waals surface area contributed by atoms with E-state index in [9.17, 15) is 9.59 Å². The molecule has 1 atom stereocenters. The second kappa shape index (κ2) is 7.40. The van der Waals surface area contributed by atoms with Crippen molar-refractivity contribution in [3.63, 3.8) is 0 Å². The fourth-order valence-corrected chi connectivity index (χ4v) is 2.65. The molecule has 0 saturated carbocycles. The number of benzene rings is 1.